The van der Waals surface area contributed by atoms with E-state index >= 15 is 0 Å². The van der Waals surface area contributed by atoms with Gasteiger partial charge in [0.2, 0.25) is 0 Å². The number of esters is 1. The molecule has 0 fully saturated rings. The maximum atomic E-state index is 12.1. The Hall–Kier alpha value is -2.04. The summed E-state index contributed by atoms with van der Waals surface area (Å²) in [6.07, 6.45) is 0.767. The Balaban J connectivity index is 2.78. The molecule has 2 amide bonds. The number of carbonyl (C=O) groups excluding carboxylic acids is 2. The van der Waals surface area contributed by atoms with E-state index in [-0.39, 0.29) is 5.92 Å². The van der Waals surface area contributed by atoms with Crippen LogP contribution in [-0.2, 0) is 9.53 Å². The van der Waals surface area contributed by atoms with Crippen LogP contribution < -0.4 is 10.6 Å². The molecule has 1 aromatic rings. The summed E-state index contributed by atoms with van der Waals surface area (Å²) >= 11 is 0. The second-order valence-electron chi connectivity index (χ2n) is 5.30. The SMILES string of the molecule is CCC(C)C(NC(=O)Nc1cc(C)ccc1C)C(=O)OC. The van der Waals surface area contributed by atoms with Gasteiger partial charge in [0.1, 0.15) is 6.04 Å². The molecule has 0 aliphatic carbocycles. The van der Waals surface area contributed by atoms with Crippen molar-refractivity contribution in [2.75, 3.05) is 12.4 Å². The fourth-order valence-corrected chi connectivity index (χ4v) is 1.97. The highest BCUT2D eigenvalue weighted by atomic mass is 16.5. The maximum absolute atomic E-state index is 12.1. The van der Waals surface area contributed by atoms with Gasteiger partial charge in [-0.3, -0.25) is 0 Å². The summed E-state index contributed by atoms with van der Waals surface area (Å²) < 4.78 is 4.75. The van der Waals surface area contributed by atoms with Crippen molar-refractivity contribution in [1.82, 2.24) is 5.32 Å². The Morgan fingerprint density at radius 2 is 1.95 bits per heavy atom. The summed E-state index contributed by atoms with van der Waals surface area (Å²) in [7, 11) is 1.32. The largest absolute Gasteiger partial charge is 0.467 e. The standard InChI is InChI=1S/C16H24N2O3/c1-6-11(3)14(15(19)21-5)18-16(20)17-13-9-10(2)7-8-12(13)4/h7-9,11,14H,6H2,1-5H3,(H2,17,18,20). The van der Waals surface area contributed by atoms with Crippen LogP contribution in [0.1, 0.15) is 31.4 Å². The second-order valence-corrected chi connectivity index (χ2v) is 5.30. The zero-order valence-electron chi connectivity index (χ0n) is 13.3. The molecule has 116 valence electrons. The number of benzene rings is 1. The summed E-state index contributed by atoms with van der Waals surface area (Å²) in [5, 5.41) is 5.47. The zero-order valence-corrected chi connectivity index (χ0v) is 13.3. The van der Waals surface area contributed by atoms with Crippen molar-refractivity contribution < 1.29 is 14.3 Å². The first kappa shape index (κ1) is 17.0. The fourth-order valence-electron chi connectivity index (χ4n) is 1.97. The first-order valence-electron chi connectivity index (χ1n) is 7.11. The van der Waals surface area contributed by atoms with Gasteiger partial charge in [0.15, 0.2) is 0 Å². The first-order valence-corrected chi connectivity index (χ1v) is 7.11. The number of aryl methyl sites for hydroxylation is 2. The highest BCUT2D eigenvalue weighted by Gasteiger charge is 2.26. The number of hydrogen-bond acceptors (Lipinski definition) is 3. The van der Waals surface area contributed by atoms with E-state index in [1.807, 2.05) is 45.9 Å². The van der Waals surface area contributed by atoms with E-state index < -0.39 is 18.0 Å². The number of nitrogens with one attached hydrogen (secondary N) is 2. The molecule has 0 aliphatic heterocycles. The van der Waals surface area contributed by atoms with Crippen molar-refractivity contribution in [3.63, 3.8) is 0 Å². The molecule has 2 unspecified atom stereocenters. The Bertz CT molecular complexity index is 514. The maximum Gasteiger partial charge on any atom is 0.328 e. The molecule has 0 aromatic heterocycles. The highest BCUT2D eigenvalue weighted by Crippen LogP contribution is 2.16. The van der Waals surface area contributed by atoms with E-state index in [2.05, 4.69) is 10.6 Å². The van der Waals surface area contributed by atoms with Gasteiger partial charge in [-0.05, 0) is 37.0 Å². The van der Waals surface area contributed by atoms with E-state index in [1.54, 1.807) is 0 Å². The van der Waals surface area contributed by atoms with Crippen LogP contribution in [0.4, 0.5) is 10.5 Å². The molecule has 0 saturated heterocycles. The van der Waals surface area contributed by atoms with Crippen molar-refractivity contribution in [1.29, 1.82) is 0 Å². The van der Waals surface area contributed by atoms with Gasteiger partial charge in [-0.1, -0.05) is 32.4 Å². The second kappa shape index (κ2) is 7.67. The number of hydrogen-bond donors (Lipinski definition) is 2. The first-order chi connectivity index (χ1) is 9.88. The van der Waals surface area contributed by atoms with Crippen LogP contribution >= 0.6 is 0 Å². The normalized spacial score (nSPS) is 13.2. The predicted molar refractivity (Wildman–Crippen MR) is 83.3 cm³/mol. The van der Waals surface area contributed by atoms with Gasteiger partial charge in [0.05, 0.1) is 7.11 Å². The van der Waals surface area contributed by atoms with Crippen molar-refractivity contribution in [2.45, 2.75) is 40.2 Å². The Morgan fingerprint density at radius 1 is 1.29 bits per heavy atom. The lowest BCUT2D eigenvalue weighted by Crippen LogP contribution is -2.47. The van der Waals surface area contributed by atoms with Gasteiger partial charge in [-0.15, -0.1) is 0 Å². The number of amides is 2. The Morgan fingerprint density at radius 3 is 2.52 bits per heavy atom. The third kappa shape index (κ3) is 4.77. The van der Waals surface area contributed by atoms with Gasteiger partial charge < -0.3 is 15.4 Å². The number of carbonyl (C=O) groups is 2. The van der Waals surface area contributed by atoms with Gasteiger partial charge in [-0.2, -0.15) is 0 Å². The molecule has 5 nitrogen and oxygen atoms in total. The minimum Gasteiger partial charge on any atom is -0.467 e. The van der Waals surface area contributed by atoms with Crippen LogP contribution in [0, 0.1) is 19.8 Å². The van der Waals surface area contributed by atoms with Crippen LogP contribution in [0.15, 0.2) is 18.2 Å². The van der Waals surface area contributed by atoms with Gasteiger partial charge in [0.25, 0.3) is 0 Å². The van der Waals surface area contributed by atoms with Crippen LogP contribution in [0.5, 0.6) is 0 Å². The zero-order chi connectivity index (χ0) is 16.0. The molecule has 0 spiro atoms. The van der Waals surface area contributed by atoms with E-state index in [1.165, 1.54) is 7.11 Å². The molecule has 1 aromatic carbocycles. The molecule has 0 aliphatic rings. The molecule has 1 rings (SSSR count). The average molecular weight is 292 g/mol. The van der Waals surface area contributed by atoms with Gasteiger partial charge >= 0.3 is 12.0 Å². The molecular weight excluding hydrogens is 268 g/mol. The summed E-state index contributed by atoms with van der Waals surface area (Å²) in [4.78, 5) is 23.9. The average Bonchev–Trinajstić information content (AvgIpc) is 2.47. The monoisotopic (exact) mass is 292 g/mol. The molecule has 0 radical (unpaired) electrons. The lowest BCUT2D eigenvalue weighted by atomic mass is 9.99. The van der Waals surface area contributed by atoms with Crippen molar-refractivity contribution in [3.8, 4) is 0 Å². The summed E-state index contributed by atoms with van der Waals surface area (Å²) in [5.74, 6) is -0.428. The van der Waals surface area contributed by atoms with E-state index in [9.17, 15) is 9.59 Å². The number of urea groups is 1. The smallest absolute Gasteiger partial charge is 0.328 e. The molecule has 0 heterocycles. The van der Waals surface area contributed by atoms with E-state index in [0.29, 0.717) is 0 Å². The summed E-state index contributed by atoms with van der Waals surface area (Å²) in [6, 6.07) is 4.77. The molecule has 2 atom stereocenters. The highest BCUT2D eigenvalue weighted by molar-refractivity contribution is 5.93. The Kier molecular flexibility index (Phi) is 6.21. The number of ether oxygens (including phenoxy) is 1. The lowest BCUT2D eigenvalue weighted by molar-refractivity contribution is -0.144. The van der Waals surface area contributed by atoms with Crippen LogP contribution in [-0.4, -0.2) is 25.2 Å². The van der Waals surface area contributed by atoms with Crippen LogP contribution in [0.25, 0.3) is 0 Å². The van der Waals surface area contributed by atoms with Crippen molar-refractivity contribution in [3.05, 3.63) is 29.3 Å². The molecular formula is C16H24N2O3. The van der Waals surface area contributed by atoms with Crippen molar-refractivity contribution in [2.24, 2.45) is 5.92 Å². The van der Waals surface area contributed by atoms with Crippen molar-refractivity contribution >= 4 is 17.7 Å². The van der Waals surface area contributed by atoms with E-state index in [4.69, 9.17) is 4.74 Å². The topological polar surface area (TPSA) is 67.4 Å². The Labute approximate surface area is 126 Å². The number of rotatable bonds is 5. The van der Waals surface area contributed by atoms with Crippen LogP contribution in [0.3, 0.4) is 0 Å². The van der Waals surface area contributed by atoms with E-state index in [0.717, 1.165) is 23.2 Å². The number of anilines is 1. The quantitative estimate of drug-likeness (QED) is 0.820. The summed E-state index contributed by atoms with van der Waals surface area (Å²) in [5.41, 5.74) is 2.76. The molecule has 0 bridgehead atoms. The molecule has 0 saturated carbocycles. The number of methoxy groups -OCH3 is 1. The van der Waals surface area contributed by atoms with Gasteiger partial charge in [-0.25, -0.2) is 9.59 Å². The summed E-state index contributed by atoms with van der Waals surface area (Å²) in [6.45, 7) is 7.74. The molecule has 5 heteroatoms. The van der Waals surface area contributed by atoms with Gasteiger partial charge in [0, 0.05) is 5.69 Å². The van der Waals surface area contributed by atoms with Crippen LogP contribution in [0.2, 0.25) is 0 Å². The predicted octanol–water partition coefficient (Wildman–Crippen LogP) is 3.01. The third-order valence-electron chi connectivity index (χ3n) is 3.60. The minimum atomic E-state index is -0.648. The fraction of sp³-hybridized carbons (Fsp3) is 0.500. The molecule has 2 N–H and O–H groups in total. The minimum absolute atomic E-state index is 0.00167. The molecule has 21 heavy (non-hydrogen) atoms. The third-order valence-corrected chi connectivity index (χ3v) is 3.60. The lowest BCUT2D eigenvalue weighted by Gasteiger charge is -2.22.